The van der Waals surface area contributed by atoms with E-state index in [4.69, 9.17) is 28.9 Å². The van der Waals surface area contributed by atoms with Crippen molar-refractivity contribution in [3.63, 3.8) is 0 Å². The number of rotatable bonds is 7. The molecule has 0 radical (unpaired) electrons. The van der Waals surface area contributed by atoms with Crippen LogP contribution >= 0.6 is 23.2 Å². The summed E-state index contributed by atoms with van der Waals surface area (Å²) < 4.78 is 0. The van der Waals surface area contributed by atoms with Gasteiger partial charge in [-0.2, -0.15) is 5.26 Å². The van der Waals surface area contributed by atoms with E-state index in [9.17, 15) is 14.9 Å². The van der Waals surface area contributed by atoms with Crippen LogP contribution < -0.4 is 11.1 Å². The fraction of sp³-hybridized carbons (Fsp3) is 0.500. The Labute approximate surface area is 163 Å². The van der Waals surface area contributed by atoms with E-state index in [-0.39, 0.29) is 18.2 Å². The average Bonchev–Trinajstić information content (AvgIpc) is 2.62. The molecule has 1 aromatic rings. The number of benzene rings is 1. The van der Waals surface area contributed by atoms with Crippen molar-refractivity contribution in [2.24, 2.45) is 5.73 Å². The lowest BCUT2D eigenvalue weighted by atomic mass is 9.88. The number of nitrogens with two attached hydrogens (primary N) is 1. The van der Waals surface area contributed by atoms with Gasteiger partial charge in [-0.1, -0.05) is 29.3 Å². The number of carbonyl (C=O) groups excluding carboxylic acids is 2. The highest BCUT2D eigenvalue weighted by molar-refractivity contribution is 6.42. The van der Waals surface area contributed by atoms with Crippen LogP contribution in [0.4, 0.5) is 0 Å². The Morgan fingerprint density at radius 1 is 1.23 bits per heavy atom. The van der Waals surface area contributed by atoms with Crippen LogP contribution in [-0.4, -0.2) is 41.9 Å². The third-order valence-electron chi connectivity index (χ3n) is 4.60. The zero-order valence-corrected chi connectivity index (χ0v) is 15.9. The predicted molar refractivity (Wildman–Crippen MR) is 101 cm³/mol. The third-order valence-corrected chi connectivity index (χ3v) is 5.34. The van der Waals surface area contributed by atoms with Crippen molar-refractivity contribution in [2.75, 3.05) is 19.6 Å². The molecule has 140 valence electrons. The molecule has 0 saturated carbocycles. The lowest BCUT2D eigenvalue weighted by Crippen LogP contribution is -2.54. The summed E-state index contributed by atoms with van der Waals surface area (Å²) in [6.45, 7) is 1.88. The van der Waals surface area contributed by atoms with Crippen molar-refractivity contribution in [2.45, 2.75) is 37.6 Å². The maximum Gasteiger partial charge on any atom is 0.221 e. The van der Waals surface area contributed by atoms with E-state index in [2.05, 4.69) is 16.3 Å². The number of nitrogens with zero attached hydrogens (tertiary/aromatic N) is 2. The largest absolute Gasteiger partial charge is 0.370 e. The van der Waals surface area contributed by atoms with Crippen molar-refractivity contribution in [1.82, 2.24) is 10.2 Å². The highest BCUT2D eigenvalue weighted by Gasteiger charge is 2.35. The van der Waals surface area contributed by atoms with Crippen molar-refractivity contribution in [3.05, 3.63) is 33.8 Å². The maximum absolute atomic E-state index is 12.3. The van der Waals surface area contributed by atoms with E-state index in [0.717, 1.165) is 5.56 Å². The second kappa shape index (κ2) is 9.22. The first-order valence-electron chi connectivity index (χ1n) is 8.50. The second-order valence-corrected chi connectivity index (χ2v) is 7.36. The summed E-state index contributed by atoms with van der Waals surface area (Å²) in [5, 5.41) is 13.4. The number of likely N-dealkylation sites (tertiary alicyclic amines) is 1. The molecule has 0 aliphatic carbocycles. The molecule has 0 bridgehead atoms. The van der Waals surface area contributed by atoms with E-state index >= 15 is 0 Å². The molecule has 0 spiro atoms. The lowest BCUT2D eigenvalue weighted by Gasteiger charge is -2.37. The standard InChI is InChI=1S/C18H22Cl2N4O2/c19-14-3-1-13(11-15(14)20)2-4-17(26)23-18(12-21)6-9-24(10-7-18)8-5-16(22)25/h1,3,11H,2,4-10H2,(H2,22,25)(H,23,26). The van der Waals surface area contributed by atoms with Gasteiger partial charge in [-0.05, 0) is 37.0 Å². The Kier molecular flexibility index (Phi) is 7.27. The molecule has 1 saturated heterocycles. The topological polar surface area (TPSA) is 99.2 Å². The minimum Gasteiger partial charge on any atom is -0.370 e. The number of piperidine rings is 1. The van der Waals surface area contributed by atoms with Crippen LogP contribution in [0.1, 0.15) is 31.2 Å². The van der Waals surface area contributed by atoms with Crippen LogP contribution in [0.25, 0.3) is 0 Å². The normalized spacial score (nSPS) is 16.7. The first-order chi connectivity index (χ1) is 12.3. The summed E-state index contributed by atoms with van der Waals surface area (Å²) in [4.78, 5) is 25.3. The van der Waals surface area contributed by atoms with Gasteiger partial charge >= 0.3 is 0 Å². The molecule has 1 aliphatic heterocycles. The maximum atomic E-state index is 12.3. The van der Waals surface area contributed by atoms with Gasteiger partial charge in [0, 0.05) is 32.5 Å². The first-order valence-corrected chi connectivity index (χ1v) is 9.26. The van der Waals surface area contributed by atoms with Crippen LogP contribution in [0.3, 0.4) is 0 Å². The molecule has 1 aliphatic rings. The summed E-state index contributed by atoms with van der Waals surface area (Å²) in [5.41, 5.74) is 5.23. The van der Waals surface area contributed by atoms with Gasteiger partial charge in [-0.3, -0.25) is 9.59 Å². The molecular formula is C18H22Cl2N4O2. The summed E-state index contributed by atoms with van der Waals surface area (Å²) in [6, 6.07) is 7.54. The Balaban J connectivity index is 1.83. The van der Waals surface area contributed by atoms with Crippen molar-refractivity contribution in [1.29, 1.82) is 5.26 Å². The van der Waals surface area contributed by atoms with Crippen molar-refractivity contribution < 1.29 is 9.59 Å². The number of nitriles is 1. The third kappa shape index (κ3) is 5.87. The van der Waals surface area contributed by atoms with Crippen LogP contribution in [0.15, 0.2) is 18.2 Å². The van der Waals surface area contributed by atoms with Gasteiger partial charge in [-0.15, -0.1) is 0 Å². The summed E-state index contributed by atoms with van der Waals surface area (Å²) in [7, 11) is 0. The Hall–Kier alpha value is -1.81. The molecule has 0 unspecified atom stereocenters. The van der Waals surface area contributed by atoms with Gasteiger partial charge in [0.25, 0.3) is 0 Å². The molecule has 1 heterocycles. The van der Waals surface area contributed by atoms with Crippen LogP contribution in [-0.2, 0) is 16.0 Å². The minimum atomic E-state index is -0.849. The van der Waals surface area contributed by atoms with Gasteiger partial charge in [0.15, 0.2) is 0 Å². The van der Waals surface area contributed by atoms with E-state index < -0.39 is 5.54 Å². The molecule has 3 N–H and O–H groups in total. The van der Waals surface area contributed by atoms with Gasteiger partial charge < -0.3 is 16.0 Å². The average molecular weight is 397 g/mol. The fourth-order valence-corrected chi connectivity index (χ4v) is 3.29. The molecule has 0 atom stereocenters. The number of nitrogens with one attached hydrogen (secondary N) is 1. The molecule has 6 nitrogen and oxygen atoms in total. The van der Waals surface area contributed by atoms with E-state index in [0.29, 0.717) is 55.4 Å². The minimum absolute atomic E-state index is 0.164. The zero-order valence-electron chi connectivity index (χ0n) is 14.4. The summed E-state index contributed by atoms with van der Waals surface area (Å²) >= 11 is 11.9. The lowest BCUT2D eigenvalue weighted by molar-refractivity contribution is -0.122. The number of hydrogen-bond donors (Lipinski definition) is 2. The SMILES string of the molecule is N#CC1(NC(=O)CCc2ccc(Cl)c(Cl)c2)CCN(CCC(N)=O)CC1. The molecule has 2 rings (SSSR count). The fourth-order valence-electron chi connectivity index (χ4n) is 2.97. The molecule has 1 aromatic carbocycles. The Morgan fingerprint density at radius 2 is 1.92 bits per heavy atom. The van der Waals surface area contributed by atoms with E-state index in [1.165, 1.54) is 0 Å². The van der Waals surface area contributed by atoms with Gasteiger partial charge in [0.05, 0.1) is 16.1 Å². The van der Waals surface area contributed by atoms with Gasteiger partial charge in [-0.25, -0.2) is 0 Å². The number of carbonyl (C=O) groups is 2. The number of primary amides is 1. The molecule has 8 heteroatoms. The monoisotopic (exact) mass is 396 g/mol. The van der Waals surface area contributed by atoms with Crippen LogP contribution in [0.2, 0.25) is 10.0 Å². The Morgan fingerprint density at radius 3 is 2.50 bits per heavy atom. The van der Waals surface area contributed by atoms with E-state index in [1.54, 1.807) is 12.1 Å². The number of hydrogen-bond acceptors (Lipinski definition) is 4. The smallest absolute Gasteiger partial charge is 0.221 e. The van der Waals surface area contributed by atoms with Crippen LogP contribution in [0.5, 0.6) is 0 Å². The molecule has 1 fully saturated rings. The summed E-state index contributed by atoms with van der Waals surface area (Å²) in [5.74, 6) is -0.499. The van der Waals surface area contributed by atoms with Crippen molar-refractivity contribution >= 4 is 35.0 Å². The molecule has 0 aromatic heterocycles. The quantitative estimate of drug-likeness (QED) is 0.737. The summed E-state index contributed by atoms with van der Waals surface area (Å²) in [6.07, 6.45) is 2.15. The van der Waals surface area contributed by atoms with Gasteiger partial charge in [0.1, 0.15) is 5.54 Å². The van der Waals surface area contributed by atoms with Crippen LogP contribution in [0, 0.1) is 11.3 Å². The number of halogens is 2. The highest BCUT2D eigenvalue weighted by atomic mass is 35.5. The Bertz CT molecular complexity index is 710. The molecular weight excluding hydrogens is 375 g/mol. The molecule has 26 heavy (non-hydrogen) atoms. The second-order valence-electron chi connectivity index (χ2n) is 6.55. The number of amides is 2. The zero-order chi connectivity index (χ0) is 19.2. The molecule has 2 amide bonds. The number of aryl methyl sites for hydroxylation is 1. The van der Waals surface area contributed by atoms with E-state index in [1.807, 2.05) is 6.07 Å². The van der Waals surface area contributed by atoms with Gasteiger partial charge in [0.2, 0.25) is 11.8 Å². The first kappa shape index (κ1) is 20.5. The van der Waals surface area contributed by atoms with Crippen molar-refractivity contribution in [3.8, 4) is 6.07 Å². The predicted octanol–water partition coefficient (Wildman–Crippen LogP) is 2.28. The highest BCUT2D eigenvalue weighted by Crippen LogP contribution is 2.24.